The summed E-state index contributed by atoms with van der Waals surface area (Å²) in [6.07, 6.45) is 0. The van der Waals surface area contributed by atoms with Crippen LogP contribution in [0, 0.1) is 0 Å². The van der Waals surface area contributed by atoms with Crippen LogP contribution in [0.15, 0.2) is 0 Å². The monoisotopic (exact) mass is 209 g/mol. The van der Waals surface area contributed by atoms with Crippen LogP contribution >= 0.6 is 0 Å². The molecular formula is C8H20BrN. The largest absolute Gasteiger partial charge is 1.00 e. The lowest BCUT2D eigenvalue weighted by atomic mass is 10.2. The number of nitrogens with zero attached hydrogens (tertiary/aromatic N) is 1. The molecule has 0 saturated carbocycles. The lowest BCUT2D eigenvalue weighted by Gasteiger charge is -2.36. The predicted molar refractivity (Wildman–Crippen MR) is 42.4 cm³/mol. The van der Waals surface area contributed by atoms with Crippen molar-refractivity contribution >= 4 is 0 Å². The van der Waals surface area contributed by atoms with Crippen molar-refractivity contribution in [3.05, 3.63) is 0 Å². The summed E-state index contributed by atoms with van der Waals surface area (Å²) in [6.45, 7) is 11.6. The standard InChI is InChI=1S/C8H20N.BrH/c1-6-9(5,7-2)8(3)4;/h8H,6-7H2,1-5H3;1H/q+1;/p-1. The maximum absolute atomic E-state index is 2.31. The number of quaternary nitrogens is 1. The minimum Gasteiger partial charge on any atom is -1.00 e. The van der Waals surface area contributed by atoms with Gasteiger partial charge in [-0.3, -0.25) is 0 Å². The predicted octanol–water partition coefficient (Wildman–Crippen LogP) is -1.11. The summed E-state index contributed by atoms with van der Waals surface area (Å²) in [5.41, 5.74) is 0. The number of hydrogen-bond donors (Lipinski definition) is 0. The van der Waals surface area contributed by atoms with Crippen molar-refractivity contribution in [2.45, 2.75) is 33.7 Å². The summed E-state index contributed by atoms with van der Waals surface area (Å²) in [4.78, 5) is 0. The molecule has 0 aliphatic heterocycles. The zero-order valence-electron chi connectivity index (χ0n) is 7.82. The molecule has 0 aromatic rings. The second-order valence-electron chi connectivity index (χ2n) is 3.21. The van der Waals surface area contributed by atoms with E-state index in [1.54, 1.807) is 0 Å². The first-order valence-electron chi connectivity index (χ1n) is 3.91. The molecule has 0 aliphatic carbocycles. The molecule has 64 valence electrons. The third-order valence-corrected chi connectivity index (χ3v) is 2.69. The molecule has 0 aromatic heterocycles. The van der Waals surface area contributed by atoms with Crippen LogP contribution in [0.1, 0.15) is 27.7 Å². The van der Waals surface area contributed by atoms with E-state index in [-0.39, 0.29) is 17.0 Å². The molecule has 2 heteroatoms. The lowest BCUT2D eigenvalue weighted by molar-refractivity contribution is -0.926. The Morgan fingerprint density at radius 3 is 1.40 bits per heavy atom. The zero-order chi connectivity index (χ0) is 7.49. The van der Waals surface area contributed by atoms with E-state index >= 15 is 0 Å². The molecule has 1 nitrogen and oxygen atoms in total. The molecule has 0 bridgehead atoms. The fourth-order valence-corrected chi connectivity index (χ4v) is 0.954. The van der Waals surface area contributed by atoms with E-state index in [0.717, 1.165) is 6.04 Å². The Morgan fingerprint density at radius 1 is 1.10 bits per heavy atom. The van der Waals surface area contributed by atoms with E-state index in [9.17, 15) is 0 Å². The van der Waals surface area contributed by atoms with Crippen LogP contribution in [-0.4, -0.2) is 30.7 Å². The van der Waals surface area contributed by atoms with E-state index in [1.807, 2.05) is 0 Å². The second-order valence-corrected chi connectivity index (χ2v) is 3.21. The summed E-state index contributed by atoms with van der Waals surface area (Å²) in [7, 11) is 2.31. The van der Waals surface area contributed by atoms with Gasteiger partial charge >= 0.3 is 0 Å². The maximum atomic E-state index is 2.31. The van der Waals surface area contributed by atoms with Gasteiger partial charge in [-0.2, -0.15) is 0 Å². The van der Waals surface area contributed by atoms with Crippen molar-refractivity contribution < 1.29 is 21.5 Å². The number of halogens is 1. The van der Waals surface area contributed by atoms with Crippen LogP contribution in [0.5, 0.6) is 0 Å². The Bertz CT molecular complexity index is 77.3. The Morgan fingerprint density at radius 2 is 1.40 bits per heavy atom. The molecule has 0 fully saturated rings. The van der Waals surface area contributed by atoms with Gasteiger partial charge in [-0.15, -0.1) is 0 Å². The van der Waals surface area contributed by atoms with Gasteiger partial charge in [0, 0.05) is 0 Å². The van der Waals surface area contributed by atoms with E-state index in [1.165, 1.54) is 17.6 Å². The first-order valence-corrected chi connectivity index (χ1v) is 3.91. The van der Waals surface area contributed by atoms with Gasteiger partial charge in [-0.25, -0.2) is 0 Å². The van der Waals surface area contributed by atoms with Crippen LogP contribution in [0.25, 0.3) is 0 Å². The van der Waals surface area contributed by atoms with Gasteiger partial charge in [0.15, 0.2) is 0 Å². The Labute approximate surface area is 75.8 Å². The molecule has 0 aliphatic rings. The summed E-state index contributed by atoms with van der Waals surface area (Å²) in [5, 5.41) is 0. The third kappa shape index (κ3) is 3.02. The number of rotatable bonds is 3. The van der Waals surface area contributed by atoms with Gasteiger partial charge in [0.1, 0.15) is 0 Å². The van der Waals surface area contributed by atoms with E-state index in [2.05, 4.69) is 34.7 Å². The zero-order valence-corrected chi connectivity index (χ0v) is 9.40. The molecule has 0 N–H and O–H groups in total. The average molecular weight is 210 g/mol. The highest BCUT2D eigenvalue weighted by Crippen LogP contribution is 2.07. The normalized spacial score (nSPS) is 11.4. The van der Waals surface area contributed by atoms with Gasteiger partial charge < -0.3 is 21.5 Å². The van der Waals surface area contributed by atoms with Crippen LogP contribution in [0.3, 0.4) is 0 Å². The Hall–Kier alpha value is 0.440. The second kappa shape index (κ2) is 5.14. The van der Waals surface area contributed by atoms with E-state index in [0.29, 0.717) is 0 Å². The summed E-state index contributed by atoms with van der Waals surface area (Å²) >= 11 is 0. The van der Waals surface area contributed by atoms with Gasteiger partial charge in [-0.1, -0.05) is 0 Å². The molecule has 10 heavy (non-hydrogen) atoms. The molecule has 0 atom stereocenters. The van der Waals surface area contributed by atoms with E-state index < -0.39 is 0 Å². The molecule has 0 rings (SSSR count). The van der Waals surface area contributed by atoms with Gasteiger partial charge in [0.2, 0.25) is 0 Å². The molecular weight excluding hydrogens is 190 g/mol. The van der Waals surface area contributed by atoms with Gasteiger partial charge in [0.25, 0.3) is 0 Å². The molecule has 0 unspecified atom stereocenters. The van der Waals surface area contributed by atoms with Crippen molar-refractivity contribution in [2.24, 2.45) is 0 Å². The topological polar surface area (TPSA) is 0 Å². The molecule has 0 radical (unpaired) electrons. The summed E-state index contributed by atoms with van der Waals surface area (Å²) in [5.74, 6) is 0. The highest BCUT2D eigenvalue weighted by atomic mass is 79.9. The summed E-state index contributed by atoms with van der Waals surface area (Å²) in [6, 6.07) is 0.764. The first kappa shape index (κ1) is 13.1. The van der Waals surface area contributed by atoms with Crippen LogP contribution < -0.4 is 17.0 Å². The minimum absolute atomic E-state index is 0. The highest BCUT2D eigenvalue weighted by Gasteiger charge is 2.19. The lowest BCUT2D eigenvalue weighted by Crippen LogP contribution is -3.00. The van der Waals surface area contributed by atoms with Crippen molar-refractivity contribution in [2.75, 3.05) is 20.1 Å². The van der Waals surface area contributed by atoms with Crippen LogP contribution in [0.2, 0.25) is 0 Å². The van der Waals surface area contributed by atoms with Crippen LogP contribution in [-0.2, 0) is 0 Å². The van der Waals surface area contributed by atoms with Crippen molar-refractivity contribution in [3.63, 3.8) is 0 Å². The fourth-order valence-electron chi connectivity index (χ4n) is 0.954. The highest BCUT2D eigenvalue weighted by molar-refractivity contribution is 4.39. The van der Waals surface area contributed by atoms with Gasteiger partial charge in [-0.05, 0) is 27.7 Å². The van der Waals surface area contributed by atoms with Gasteiger partial charge in [0.05, 0.1) is 26.2 Å². The smallest absolute Gasteiger partial charge is 0.0831 e. The van der Waals surface area contributed by atoms with E-state index in [4.69, 9.17) is 0 Å². The Balaban J connectivity index is 0. The molecule has 0 saturated heterocycles. The quantitative estimate of drug-likeness (QED) is 0.518. The third-order valence-electron chi connectivity index (χ3n) is 2.69. The average Bonchev–Trinajstić information content (AvgIpc) is 1.86. The molecule has 0 heterocycles. The maximum Gasteiger partial charge on any atom is 0.0831 e. The summed E-state index contributed by atoms with van der Waals surface area (Å²) < 4.78 is 1.19. The minimum atomic E-state index is 0. The SMILES string of the molecule is CC[N+](C)(CC)C(C)C.[Br-]. The molecule has 0 spiro atoms. The Kier molecular flexibility index (Phi) is 6.71. The van der Waals surface area contributed by atoms with Crippen molar-refractivity contribution in [1.82, 2.24) is 0 Å². The number of hydrogen-bond acceptors (Lipinski definition) is 0. The molecule has 0 aromatic carbocycles. The van der Waals surface area contributed by atoms with Crippen molar-refractivity contribution in [1.29, 1.82) is 0 Å². The molecule has 0 amide bonds. The first-order chi connectivity index (χ1) is 4.06. The van der Waals surface area contributed by atoms with Crippen LogP contribution in [0.4, 0.5) is 0 Å². The fraction of sp³-hybridized carbons (Fsp3) is 1.00. The van der Waals surface area contributed by atoms with Crippen molar-refractivity contribution in [3.8, 4) is 0 Å².